The Balaban J connectivity index is 1.49. The predicted octanol–water partition coefficient (Wildman–Crippen LogP) is 3.84. The Labute approximate surface area is 182 Å². The maximum atomic E-state index is 12.3. The number of ether oxygens (including phenoxy) is 2. The number of hydrogen-bond donors (Lipinski definition) is 2. The number of carbonyl (C=O) groups is 1. The molecule has 0 fully saturated rings. The van der Waals surface area contributed by atoms with E-state index < -0.39 is 10.8 Å². The molecule has 7 nitrogen and oxygen atoms in total. The molecule has 0 aliphatic rings. The molecular formula is C23H24N2O5S. The average molecular weight is 441 g/mol. The van der Waals surface area contributed by atoms with Crippen molar-refractivity contribution in [3.05, 3.63) is 82.8 Å². The van der Waals surface area contributed by atoms with Gasteiger partial charge in [0.25, 0.3) is 0 Å². The summed E-state index contributed by atoms with van der Waals surface area (Å²) in [5, 5.41) is 2.71. The van der Waals surface area contributed by atoms with Gasteiger partial charge < -0.3 is 19.8 Å². The lowest BCUT2D eigenvalue weighted by Gasteiger charge is -2.08. The largest absolute Gasteiger partial charge is 0.488 e. The summed E-state index contributed by atoms with van der Waals surface area (Å²) in [4.78, 5) is 27.1. The molecule has 0 radical (unpaired) electrons. The van der Waals surface area contributed by atoms with Crippen LogP contribution in [-0.2, 0) is 21.3 Å². The molecule has 0 bridgehead atoms. The molecule has 0 aliphatic carbocycles. The number of amides is 1. The number of benzene rings is 2. The minimum Gasteiger partial charge on any atom is -0.488 e. The first-order valence-electron chi connectivity index (χ1n) is 9.85. The highest BCUT2D eigenvalue weighted by molar-refractivity contribution is 7.84. The predicted molar refractivity (Wildman–Crippen MR) is 121 cm³/mol. The van der Waals surface area contributed by atoms with Gasteiger partial charge >= 0.3 is 0 Å². The number of rotatable bonds is 10. The molecule has 1 aromatic heterocycles. The lowest BCUT2D eigenvalue weighted by atomic mass is 10.3. The average Bonchev–Trinajstić information content (AvgIpc) is 2.75. The highest BCUT2D eigenvalue weighted by Crippen LogP contribution is 2.22. The molecule has 2 N–H and O–H groups in total. The summed E-state index contributed by atoms with van der Waals surface area (Å²) >= 11 is 0. The third-order valence-electron chi connectivity index (χ3n) is 4.12. The highest BCUT2D eigenvalue weighted by atomic mass is 32.2. The molecule has 1 heterocycles. The summed E-state index contributed by atoms with van der Waals surface area (Å²) in [6, 6.07) is 17.6. The minimum absolute atomic E-state index is 0.0700. The van der Waals surface area contributed by atoms with Gasteiger partial charge in [-0.15, -0.1) is 0 Å². The molecular weight excluding hydrogens is 416 g/mol. The monoisotopic (exact) mass is 440 g/mol. The van der Waals surface area contributed by atoms with Crippen molar-refractivity contribution >= 4 is 22.4 Å². The van der Waals surface area contributed by atoms with E-state index in [1.54, 1.807) is 24.3 Å². The fourth-order valence-electron chi connectivity index (χ4n) is 2.71. The molecule has 3 rings (SSSR count). The third-order valence-corrected chi connectivity index (χ3v) is 5.34. The van der Waals surface area contributed by atoms with E-state index in [9.17, 15) is 13.8 Å². The molecule has 1 unspecified atom stereocenters. The molecule has 3 aromatic rings. The van der Waals surface area contributed by atoms with Gasteiger partial charge in [-0.25, -0.2) is 0 Å². The number of para-hydroxylation sites is 1. The van der Waals surface area contributed by atoms with Gasteiger partial charge in [0.15, 0.2) is 5.75 Å². The van der Waals surface area contributed by atoms with Gasteiger partial charge in [0, 0.05) is 34.4 Å². The van der Waals surface area contributed by atoms with Crippen LogP contribution >= 0.6 is 0 Å². The summed E-state index contributed by atoms with van der Waals surface area (Å²) < 4.78 is 23.4. The van der Waals surface area contributed by atoms with Crippen LogP contribution in [0.5, 0.6) is 17.2 Å². The van der Waals surface area contributed by atoms with Gasteiger partial charge in [0.1, 0.15) is 17.3 Å². The zero-order chi connectivity index (χ0) is 22.1. The molecule has 8 heteroatoms. The second-order valence-corrected chi connectivity index (χ2v) is 8.21. The Kier molecular flexibility index (Phi) is 8.00. The van der Waals surface area contributed by atoms with Gasteiger partial charge in [0.2, 0.25) is 11.3 Å². The maximum absolute atomic E-state index is 12.3. The number of aromatic nitrogens is 1. The number of aromatic amines is 1. The SMILES string of the molecule is CCCOc1c[nH]c(CS(=O)CC(=O)Nc2ccc(Oc3ccccc3)cc2)cc1=O. The second kappa shape index (κ2) is 11.1. The van der Waals surface area contributed by atoms with Gasteiger partial charge in [-0.1, -0.05) is 25.1 Å². The smallest absolute Gasteiger partial charge is 0.237 e. The van der Waals surface area contributed by atoms with Crippen molar-refractivity contribution in [2.24, 2.45) is 0 Å². The van der Waals surface area contributed by atoms with Gasteiger partial charge in [0.05, 0.1) is 12.4 Å². The molecule has 31 heavy (non-hydrogen) atoms. The summed E-state index contributed by atoms with van der Waals surface area (Å²) in [5.74, 6) is 1.11. The topological polar surface area (TPSA) is 97.5 Å². The Bertz CT molecular complexity index is 1080. The van der Waals surface area contributed by atoms with Crippen LogP contribution in [0.2, 0.25) is 0 Å². The first kappa shape index (κ1) is 22.3. The summed E-state index contributed by atoms with van der Waals surface area (Å²) in [5.41, 5.74) is 0.789. The lowest BCUT2D eigenvalue weighted by molar-refractivity contribution is -0.113. The van der Waals surface area contributed by atoms with Crippen molar-refractivity contribution in [1.82, 2.24) is 4.98 Å². The molecule has 2 aromatic carbocycles. The maximum Gasteiger partial charge on any atom is 0.237 e. The normalized spacial score (nSPS) is 11.5. The van der Waals surface area contributed by atoms with E-state index in [0.717, 1.165) is 12.2 Å². The zero-order valence-electron chi connectivity index (χ0n) is 17.1. The number of carbonyl (C=O) groups excluding carboxylic acids is 1. The molecule has 0 aliphatic heterocycles. The number of hydrogen-bond acceptors (Lipinski definition) is 5. The minimum atomic E-state index is -1.47. The Morgan fingerprint density at radius 1 is 1.06 bits per heavy atom. The zero-order valence-corrected chi connectivity index (χ0v) is 17.9. The number of pyridine rings is 1. The van der Waals surface area contributed by atoms with Crippen LogP contribution in [0.15, 0.2) is 71.7 Å². The van der Waals surface area contributed by atoms with Crippen molar-refractivity contribution < 1.29 is 18.5 Å². The van der Waals surface area contributed by atoms with Crippen LogP contribution in [0, 0.1) is 0 Å². The van der Waals surface area contributed by atoms with Crippen LogP contribution in [0.3, 0.4) is 0 Å². The van der Waals surface area contributed by atoms with E-state index in [1.165, 1.54) is 12.3 Å². The van der Waals surface area contributed by atoms with Crippen molar-refractivity contribution in [2.45, 2.75) is 19.1 Å². The first-order chi connectivity index (χ1) is 15.0. The van der Waals surface area contributed by atoms with Crippen molar-refractivity contribution in [2.75, 3.05) is 17.7 Å². The molecule has 162 valence electrons. The van der Waals surface area contributed by atoms with E-state index in [1.807, 2.05) is 37.3 Å². The van der Waals surface area contributed by atoms with Gasteiger partial charge in [-0.3, -0.25) is 13.8 Å². The first-order valence-corrected chi connectivity index (χ1v) is 11.3. The van der Waals surface area contributed by atoms with Crippen molar-refractivity contribution in [1.29, 1.82) is 0 Å². The van der Waals surface area contributed by atoms with Crippen molar-refractivity contribution in [3.8, 4) is 17.2 Å². The van der Waals surface area contributed by atoms with Crippen LogP contribution in [0.1, 0.15) is 19.0 Å². The Morgan fingerprint density at radius 2 is 1.77 bits per heavy atom. The fourth-order valence-corrected chi connectivity index (χ4v) is 3.69. The molecule has 0 saturated heterocycles. The number of nitrogens with one attached hydrogen (secondary N) is 2. The molecule has 1 amide bonds. The van der Waals surface area contributed by atoms with E-state index in [0.29, 0.717) is 23.7 Å². The number of anilines is 1. The van der Waals surface area contributed by atoms with E-state index in [-0.39, 0.29) is 28.6 Å². The molecule has 0 spiro atoms. The standard InChI is InChI=1S/C23H24N2O5S/c1-2-12-29-22-14-24-18(13-21(22)26)15-31(28)16-23(27)25-17-8-10-20(11-9-17)30-19-6-4-3-5-7-19/h3-11,13-14H,2,12,15-16H2,1H3,(H,24,26)(H,25,27). The molecule has 1 atom stereocenters. The fraction of sp³-hybridized carbons (Fsp3) is 0.217. The van der Waals surface area contributed by atoms with E-state index >= 15 is 0 Å². The third kappa shape index (κ3) is 7.11. The van der Waals surface area contributed by atoms with Crippen LogP contribution < -0.4 is 20.2 Å². The van der Waals surface area contributed by atoms with Crippen LogP contribution in [0.25, 0.3) is 0 Å². The van der Waals surface area contributed by atoms with E-state index in [2.05, 4.69) is 10.3 Å². The molecule has 0 saturated carbocycles. The summed E-state index contributed by atoms with van der Waals surface area (Å²) in [7, 11) is -1.47. The van der Waals surface area contributed by atoms with Gasteiger partial charge in [-0.2, -0.15) is 0 Å². The Hall–Kier alpha value is -3.39. The summed E-state index contributed by atoms with van der Waals surface area (Å²) in [6.07, 6.45) is 2.26. The van der Waals surface area contributed by atoms with Crippen LogP contribution in [0.4, 0.5) is 5.69 Å². The Morgan fingerprint density at radius 3 is 2.45 bits per heavy atom. The van der Waals surface area contributed by atoms with Crippen molar-refractivity contribution in [3.63, 3.8) is 0 Å². The lowest BCUT2D eigenvalue weighted by Crippen LogP contribution is -2.21. The summed E-state index contributed by atoms with van der Waals surface area (Å²) in [6.45, 7) is 2.40. The van der Waals surface area contributed by atoms with Crippen LogP contribution in [-0.4, -0.2) is 27.5 Å². The van der Waals surface area contributed by atoms with Gasteiger partial charge in [-0.05, 0) is 42.8 Å². The quantitative estimate of drug-likeness (QED) is 0.499. The number of H-pyrrole nitrogens is 1. The second-order valence-electron chi connectivity index (χ2n) is 6.75. The van der Waals surface area contributed by atoms with E-state index in [4.69, 9.17) is 9.47 Å². The highest BCUT2D eigenvalue weighted by Gasteiger charge is 2.11.